The van der Waals surface area contributed by atoms with Crippen LogP contribution >= 0.6 is 0 Å². The highest BCUT2D eigenvalue weighted by molar-refractivity contribution is 7.85. The molecular weight excluding hydrogens is 476 g/mol. The van der Waals surface area contributed by atoms with Gasteiger partial charge in [0.2, 0.25) is 0 Å². The number of hydrogen-bond acceptors (Lipinski definition) is 3. The van der Waals surface area contributed by atoms with E-state index in [-0.39, 0.29) is 6.61 Å². The van der Waals surface area contributed by atoms with Crippen molar-refractivity contribution in [3.63, 3.8) is 0 Å². The van der Waals surface area contributed by atoms with Gasteiger partial charge in [-0.3, -0.25) is 4.18 Å². The lowest BCUT2D eigenvalue weighted by atomic mass is 10.0. The first-order valence-corrected chi connectivity index (χ1v) is 16.0. The van der Waals surface area contributed by atoms with E-state index in [1.54, 1.807) is 0 Å². The standard InChI is InChI=1S/C33H56O3S/c1-28(2)16-11-19-31(5)22-12-20-29(3)17-9-10-18-30(4)21-13-23-32(6)24-14-25-33(7)26-15-27-36-37(8,34)35/h16-18,22-23,25H,9-15,19-21,24,26-27H2,1-8H3/b29-17+,30-18+,31-22+,32-23+,33-25+. The van der Waals surface area contributed by atoms with E-state index in [2.05, 4.69) is 84.9 Å². The average molecular weight is 533 g/mol. The lowest BCUT2D eigenvalue weighted by Crippen LogP contribution is -2.04. The Morgan fingerprint density at radius 3 is 1.19 bits per heavy atom. The molecule has 0 bridgehead atoms. The number of allylic oxidation sites excluding steroid dienone is 12. The third-order valence-electron chi connectivity index (χ3n) is 6.35. The Morgan fingerprint density at radius 1 is 0.514 bits per heavy atom. The van der Waals surface area contributed by atoms with Gasteiger partial charge in [-0.25, -0.2) is 0 Å². The SMILES string of the molecule is CC(C)=CCC/C(C)=C/CC/C(C)=C/CC/C=C(\C)CC/C=C(\C)CC/C=C(\C)CCCOS(C)(=O)=O. The second kappa shape index (κ2) is 21.3. The quantitative estimate of drug-likeness (QED) is 0.0889. The largest absolute Gasteiger partial charge is 0.270 e. The van der Waals surface area contributed by atoms with Gasteiger partial charge in [0.25, 0.3) is 10.1 Å². The molecule has 0 aromatic rings. The van der Waals surface area contributed by atoms with Gasteiger partial charge in [-0.1, -0.05) is 69.9 Å². The van der Waals surface area contributed by atoms with E-state index in [9.17, 15) is 8.42 Å². The van der Waals surface area contributed by atoms with Crippen LogP contribution in [0.5, 0.6) is 0 Å². The van der Waals surface area contributed by atoms with Crippen molar-refractivity contribution in [2.75, 3.05) is 12.9 Å². The number of rotatable bonds is 20. The summed E-state index contributed by atoms with van der Waals surface area (Å²) in [4.78, 5) is 0. The third-order valence-corrected chi connectivity index (χ3v) is 6.95. The highest BCUT2D eigenvalue weighted by Crippen LogP contribution is 2.15. The molecule has 212 valence electrons. The second-order valence-corrected chi connectivity index (χ2v) is 12.5. The molecular formula is C33H56O3S. The predicted molar refractivity (Wildman–Crippen MR) is 164 cm³/mol. The molecule has 0 atom stereocenters. The van der Waals surface area contributed by atoms with Gasteiger partial charge in [-0.2, -0.15) is 8.42 Å². The Kier molecular flexibility index (Phi) is 20.4. The van der Waals surface area contributed by atoms with Crippen molar-refractivity contribution < 1.29 is 12.6 Å². The topological polar surface area (TPSA) is 43.4 Å². The minimum Gasteiger partial charge on any atom is -0.270 e. The second-order valence-electron chi connectivity index (χ2n) is 10.9. The van der Waals surface area contributed by atoms with Crippen LogP contribution in [0.2, 0.25) is 0 Å². The molecule has 0 unspecified atom stereocenters. The first kappa shape index (κ1) is 35.4. The smallest absolute Gasteiger partial charge is 0.264 e. The summed E-state index contributed by atoms with van der Waals surface area (Å²) >= 11 is 0. The molecule has 3 nitrogen and oxygen atoms in total. The van der Waals surface area contributed by atoms with Gasteiger partial charge in [0.15, 0.2) is 0 Å². The Bertz CT molecular complexity index is 921. The monoisotopic (exact) mass is 532 g/mol. The summed E-state index contributed by atoms with van der Waals surface area (Å²) < 4.78 is 26.7. The van der Waals surface area contributed by atoms with E-state index in [0.717, 1.165) is 70.5 Å². The fraction of sp³-hybridized carbons (Fsp3) is 0.636. The first-order valence-electron chi connectivity index (χ1n) is 14.1. The van der Waals surface area contributed by atoms with Gasteiger partial charge in [-0.15, -0.1) is 0 Å². The summed E-state index contributed by atoms with van der Waals surface area (Å²) in [6, 6.07) is 0. The summed E-state index contributed by atoms with van der Waals surface area (Å²) in [5.74, 6) is 0. The van der Waals surface area contributed by atoms with Crippen LogP contribution in [0.25, 0.3) is 0 Å². The van der Waals surface area contributed by atoms with Crippen molar-refractivity contribution in [1.82, 2.24) is 0 Å². The van der Waals surface area contributed by atoms with E-state index in [1.807, 2.05) is 0 Å². The Balaban J connectivity index is 4.10. The third kappa shape index (κ3) is 25.8. The minimum atomic E-state index is -3.32. The Labute approximate surface area is 230 Å². The zero-order chi connectivity index (χ0) is 28.1. The van der Waals surface area contributed by atoms with Gasteiger partial charge in [0.1, 0.15) is 0 Å². The van der Waals surface area contributed by atoms with Gasteiger partial charge in [0.05, 0.1) is 12.9 Å². The maximum atomic E-state index is 11.0. The summed E-state index contributed by atoms with van der Waals surface area (Å²) in [6.45, 7) is 15.7. The van der Waals surface area contributed by atoms with E-state index in [4.69, 9.17) is 4.18 Å². The molecule has 0 spiro atoms. The lowest BCUT2D eigenvalue weighted by molar-refractivity contribution is 0.315. The Morgan fingerprint density at radius 2 is 0.838 bits per heavy atom. The maximum Gasteiger partial charge on any atom is 0.264 e. The maximum absolute atomic E-state index is 11.0. The van der Waals surface area contributed by atoms with Gasteiger partial charge in [-0.05, 0) is 126 Å². The van der Waals surface area contributed by atoms with Crippen LogP contribution in [0.1, 0.15) is 126 Å². The molecule has 0 rings (SSSR count). The zero-order valence-electron chi connectivity index (χ0n) is 25.3. The number of unbranched alkanes of at least 4 members (excludes halogenated alkanes) is 1. The summed E-state index contributed by atoms with van der Waals surface area (Å²) in [6.07, 6.45) is 28.2. The van der Waals surface area contributed by atoms with Gasteiger partial charge in [0, 0.05) is 0 Å². The highest BCUT2D eigenvalue weighted by atomic mass is 32.2. The van der Waals surface area contributed by atoms with Crippen LogP contribution in [-0.2, 0) is 14.3 Å². The molecule has 0 fully saturated rings. The minimum absolute atomic E-state index is 0.264. The molecule has 0 aromatic carbocycles. The fourth-order valence-electron chi connectivity index (χ4n) is 3.96. The normalized spacial score (nSPS) is 14.3. The fourth-order valence-corrected chi connectivity index (χ4v) is 4.38. The molecule has 0 aliphatic heterocycles. The van der Waals surface area contributed by atoms with Crippen LogP contribution < -0.4 is 0 Å². The zero-order valence-corrected chi connectivity index (χ0v) is 26.1. The van der Waals surface area contributed by atoms with Crippen molar-refractivity contribution in [3.8, 4) is 0 Å². The highest BCUT2D eigenvalue weighted by Gasteiger charge is 2.01. The Hall–Kier alpha value is -1.65. The van der Waals surface area contributed by atoms with Crippen LogP contribution in [0.3, 0.4) is 0 Å². The van der Waals surface area contributed by atoms with E-state index < -0.39 is 10.1 Å². The summed E-state index contributed by atoms with van der Waals surface area (Å²) in [7, 11) is -3.32. The lowest BCUT2D eigenvalue weighted by Gasteiger charge is -2.04. The molecule has 0 aliphatic carbocycles. The molecule has 0 aliphatic rings. The summed E-state index contributed by atoms with van der Waals surface area (Å²) in [5.41, 5.74) is 8.65. The van der Waals surface area contributed by atoms with E-state index in [0.29, 0.717) is 0 Å². The molecule has 0 amide bonds. The molecule has 0 N–H and O–H groups in total. The van der Waals surface area contributed by atoms with Crippen molar-refractivity contribution in [1.29, 1.82) is 0 Å². The van der Waals surface area contributed by atoms with E-state index >= 15 is 0 Å². The van der Waals surface area contributed by atoms with Crippen LogP contribution in [0.15, 0.2) is 69.9 Å². The molecule has 0 saturated carbocycles. The van der Waals surface area contributed by atoms with Crippen molar-refractivity contribution in [2.24, 2.45) is 0 Å². The van der Waals surface area contributed by atoms with Crippen molar-refractivity contribution in [2.45, 2.75) is 126 Å². The molecule has 37 heavy (non-hydrogen) atoms. The van der Waals surface area contributed by atoms with Crippen molar-refractivity contribution >= 4 is 10.1 Å². The molecule has 0 radical (unpaired) electrons. The number of hydrogen-bond donors (Lipinski definition) is 0. The van der Waals surface area contributed by atoms with Crippen LogP contribution in [-0.4, -0.2) is 21.3 Å². The van der Waals surface area contributed by atoms with Crippen molar-refractivity contribution in [3.05, 3.63) is 69.9 Å². The summed E-state index contributed by atoms with van der Waals surface area (Å²) in [5, 5.41) is 0. The molecule has 4 heteroatoms. The average Bonchev–Trinajstić information content (AvgIpc) is 2.79. The molecule has 0 saturated heterocycles. The van der Waals surface area contributed by atoms with Crippen LogP contribution in [0.4, 0.5) is 0 Å². The predicted octanol–water partition coefficient (Wildman–Crippen LogP) is 10.3. The van der Waals surface area contributed by atoms with E-state index in [1.165, 1.54) is 46.3 Å². The molecule has 0 aromatic heterocycles. The first-order chi connectivity index (χ1) is 17.4. The van der Waals surface area contributed by atoms with Gasteiger partial charge >= 0.3 is 0 Å². The van der Waals surface area contributed by atoms with Crippen LogP contribution in [0, 0.1) is 0 Å². The van der Waals surface area contributed by atoms with Gasteiger partial charge < -0.3 is 0 Å². The molecule has 0 heterocycles.